The average molecular weight is 248 g/mol. The summed E-state index contributed by atoms with van der Waals surface area (Å²) in [5.41, 5.74) is 6.19. The fourth-order valence-electron chi connectivity index (χ4n) is 1.21. The Morgan fingerprint density at radius 3 is 2.75 bits per heavy atom. The molecule has 3 nitrogen and oxygen atoms in total. The van der Waals surface area contributed by atoms with Gasteiger partial charge in [-0.3, -0.25) is 4.79 Å². The van der Waals surface area contributed by atoms with Crippen LogP contribution >= 0.6 is 12.4 Å². The molecule has 0 spiro atoms. The third kappa shape index (κ3) is 4.49. The molecule has 1 aromatic carbocycles. The molecule has 0 heterocycles. The smallest absolute Gasteiger partial charge is 0.306 e. The van der Waals surface area contributed by atoms with Crippen LogP contribution in [-0.4, -0.2) is 12.6 Å². The molecule has 0 aromatic heterocycles. The summed E-state index contributed by atoms with van der Waals surface area (Å²) in [6.45, 7) is 2.12. The minimum atomic E-state index is -0.448. The number of rotatable bonds is 4. The first kappa shape index (κ1) is 14.7. The zero-order chi connectivity index (χ0) is 11.3. The molecule has 0 aliphatic heterocycles. The van der Waals surface area contributed by atoms with Crippen molar-refractivity contribution in [2.75, 3.05) is 12.3 Å². The number of hydrogen-bond donors (Lipinski definition) is 1. The van der Waals surface area contributed by atoms with E-state index in [1.165, 1.54) is 12.1 Å². The van der Waals surface area contributed by atoms with Gasteiger partial charge in [0.15, 0.2) is 0 Å². The van der Waals surface area contributed by atoms with E-state index in [-0.39, 0.29) is 30.5 Å². The molecule has 16 heavy (non-hydrogen) atoms. The number of benzene rings is 1. The van der Waals surface area contributed by atoms with Gasteiger partial charge in [-0.25, -0.2) is 4.39 Å². The molecule has 1 rings (SSSR count). The number of esters is 1. The van der Waals surface area contributed by atoms with E-state index in [9.17, 15) is 9.18 Å². The van der Waals surface area contributed by atoms with Crippen molar-refractivity contribution >= 4 is 24.1 Å². The molecule has 0 bridgehead atoms. The highest BCUT2D eigenvalue weighted by Crippen LogP contribution is 2.13. The van der Waals surface area contributed by atoms with E-state index in [4.69, 9.17) is 10.5 Å². The van der Waals surface area contributed by atoms with E-state index in [2.05, 4.69) is 0 Å². The van der Waals surface area contributed by atoms with Crippen LogP contribution in [0.15, 0.2) is 18.2 Å². The molecule has 2 N–H and O–H groups in total. The Balaban J connectivity index is 0.00000225. The molecule has 1 aromatic rings. The van der Waals surface area contributed by atoms with Gasteiger partial charge in [-0.05, 0) is 31.0 Å². The maximum atomic E-state index is 13.0. The maximum absolute atomic E-state index is 13.0. The highest BCUT2D eigenvalue weighted by molar-refractivity contribution is 5.85. The van der Waals surface area contributed by atoms with Gasteiger partial charge in [0.05, 0.1) is 12.3 Å². The monoisotopic (exact) mass is 247 g/mol. The van der Waals surface area contributed by atoms with Crippen LogP contribution < -0.4 is 5.73 Å². The largest absolute Gasteiger partial charge is 0.466 e. The molecule has 0 aliphatic rings. The fourth-order valence-corrected chi connectivity index (χ4v) is 1.21. The van der Waals surface area contributed by atoms with Crippen LogP contribution in [0.1, 0.15) is 18.9 Å². The minimum absolute atomic E-state index is 0. The van der Waals surface area contributed by atoms with Crippen molar-refractivity contribution in [2.45, 2.75) is 19.8 Å². The van der Waals surface area contributed by atoms with Crippen LogP contribution in [-0.2, 0) is 16.0 Å². The average Bonchev–Trinajstić information content (AvgIpc) is 2.20. The first-order chi connectivity index (χ1) is 7.13. The van der Waals surface area contributed by atoms with Crippen molar-refractivity contribution in [1.82, 2.24) is 0 Å². The number of anilines is 1. The molecule has 5 heteroatoms. The molecule has 0 aliphatic carbocycles. The fraction of sp³-hybridized carbons (Fsp3) is 0.364. The number of nitrogens with two attached hydrogens (primary N) is 1. The summed E-state index contributed by atoms with van der Waals surface area (Å²) >= 11 is 0. The number of carbonyl (C=O) groups is 1. The van der Waals surface area contributed by atoms with Gasteiger partial charge >= 0.3 is 5.97 Å². The van der Waals surface area contributed by atoms with Crippen LogP contribution in [0, 0.1) is 5.82 Å². The molecule has 0 unspecified atom stereocenters. The van der Waals surface area contributed by atoms with Crippen molar-refractivity contribution in [3.05, 3.63) is 29.6 Å². The lowest BCUT2D eigenvalue weighted by Crippen LogP contribution is -2.05. The molecule has 0 fully saturated rings. The van der Waals surface area contributed by atoms with Crippen molar-refractivity contribution in [1.29, 1.82) is 0 Å². The molecule has 90 valence electrons. The summed E-state index contributed by atoms with van der Waals surface area (Å²) in [6, 6.07) is 4.54. The summed E-state index contributed by atoms with van der Waals surface area (Å²) in [5, 5.41) is 0. The van der Waals surface area contributed by atoms with Gasteiger partial charge < -0.3 is 10.5 Å². The Hall–Kier alpha value is -1.29. The SMILES string of the molecule is CCOC(=O)CCc1ccc(N)c(F)c1.Cl. The van der Waals surface area contributed by atoms with E-state index in [0.717, 1.165) is 5.56 Å². The Bertz CT molecular complexity index is 358. The first-order valence-corrected chi connectivity index (χ1v) is 4.83. The van der Waals surface area contributed by atoms with Crippen LogP contribution in [0.5, 0.6) is 0 Å². The number of aryl methyl sites for hydroxylation is 1. The quantitative estimate of drug-likeness (QED) is 0.656. The number of nitrogen functional groups attached to an aromatic ring is 1. The van der Waals surface area contributed by atoms with Crippen molar-refractivity contribution < 1.29 is 13.9 Å². The van der Waals surface area contributed by atoms with Gasteiger partial charge in [0.2, 0.25) is 0 Å². The van der Waals surface area contributed by atoms with E-state index in [0.29, 0.717) is 13.0 Å². The topological polar surface area (TPSA) is 52.3 Å². The molecule has 0 radical (unpaired) electrons. The highest BCUT2D eigenvalue weighted by Gasteiger charge is 2.04. The van der Waals surface area contributed by atoms with Crippen molar-refractivity contribution in [3.63, 3.8) is 0 Å². The summed E-state index contributed by atoms with van der Waals surface area (Å²) in [5.74, 6) is -0.717. The number of hydrogen-bond acceptors (Lipinski definition) is 3. The molecule has 0 saturated carbocycles. The van der Waals surface area contributed by atoms with Crippen LogP contribution in [0.4, 0.5) is 10.1 Å². The molecule has 0 amide bonds. The van der Waals surface area contributed by atoms with Crippen molar-refractivity contribution in [3.8, 4) is 0 Å². The third-order valence-corrected chi connectivity index (χ3v) is 1.99. The van der Waals surface area contributed by atoms with Crippen LogP contribution in [0.3, 0.4) is 0 Å². The summed E-state index contributed by atoms with van der Waals surface area (Å²) < 4.78 is 17.8. The Morgan fingerprint density at radius 2 is 2.19 bits per heavy atom. The van der Waals surface area contributed by atoms with Gasteiger partial charge in [-0.1, -0.05) is 6.07 Å². The number of carbonyl (C=O) groups excluding carboxylic acids is 1. The summed E-state index contributed by atoms with van der Waals surface area (Å²) in [7, 11) is 0. The second-order valence-electron chi connectivity index (χ2n) is 3.16. The van der Waals surface area contributed by atoms with Gasteiger partial charge in [0.25, 0.3) is 0 Å². The van der Waals surface area contributed by atoms with Gasteiger partial charge in [0, 0.05) is 6.42 Å². The predicted octanol–water partition coefficient (Wildman–Crippen LogP) is 2.33. The van der Waals surface area contributed by atoms with Crippen molar-refractivity contribution in [2.24, 2.45) is 0 Å². The number of ether oxygens (including phenoxy) is 1. The third-order valence-electron chi connectivity index (χ3n) is 1.99. The summed E-state index contributed by atoms with van der Waals surface area (Å²) in [4.78, 5) is 11.0. The minimum Gasteiger partial charge on any atom is -0.466 e. The molecular weight excluding hydrogens is 233 g/mol. The van der Waals surface area contributed by atoms with Crippen LogP contribution in [0.25, 0.3) is 0 Å². The zero-order valence-electron chi connectivity index (χ0n) is 9.03. The first-order valence-electron chi connectivity index (χ1n) is 4.83. The number of halogens is 2. The Labute approximate surface area is 100 Å². The highest BCUT2D eigenvalue weighted by atomic mass is 35.5. The molecular formula is C11H15ClFNO2. The molecule has 0 saturated heterocycles. The lowest BCUT2D eigenvalue weighted by atomic mass is 10.1. The summed E-state index contributed by atoms with van der Waals surface area (Å²) in [6.07, 6.45) is 0.729. The van der Waals surface area contributed by atoms with Gasteiger partial charge in [0.1, 0.15) is 5.82 Å². The molecule has 0 atom stereocenters. The normalized spacial score (nSPS) is 9.38. The second-order valence-corrected chi connectivity index (χ2v) is 3.16. The predicted molar refractivity (Wildman–Crippen MR) is 63.0 cm³/mol. The lowest BCUT2D eigenvalue weighted by molar-refractivity contribution is -0.143. The van der Waals surface area contributed by atoms with E-state index >= 15 is 0 Å². The van der Waals surface area contributed by atoms with E-state index in [1.807, 2.05) is 0 Å². The second kappa shape index (κ2) is 7.06. The van der Waals surface area contributed by atoms with Crippen LogP contribution in [0.2, 0.25) is 0 Å². The lowest BCUT2D eigenvalue weighted by Gasteiger charge is -2.03. The zero-order valence-corrected chi connectivity index (χ0v) is 9.85. The Morgan fingerprint density at radius 1 is 1.50 bits per heavy atom. The van der Waals surface area contributed by atoms with E-state index in [1.54, 1.807) is 13.0 Å². The van der Waals surface area contributed by atoms with Gasteiger partial charge in [-0.2, -0.15) is 0 Å². The Kier molecular flexibility index (Phi) is 6.49. The van der Waals surface area contributed by atoms with E-state index < -0.39 is 5.82 Å². The van der Waals surface area contributed by atoms with Gasteiger partial charge in [-0.15, -0.1) is 12.4 Å². The standard InChI is InChI=1S/C11H14FNO2.ClH/c1-2-15-11(14)6-4-8-3-5-10(13)9(12)7-8;/h3,5,7H,2,4,6,13H2,1H3;1H. The maximum Gasteiger partial charge on any atom is 0.306 e.